The zero-order valence-corrected chi connectivity index (χ0v) is 18.5. The Hall–Kier alpha value is -3.22. The number of carbonyl (C=O) groups excluding carboxylic acids is 1. The van der Waals surface area contributed by atoms with Gasteiger partial charge in [0.25, 0.3) is 0 Å². The molecule has 0 saturated heterocycles. The third-order valence-corrected chi connectivity index (χ3v) is 10.3. The van der Waals surface area contributed by atoms with Crippen LogP contribution in [0.4, 0.5) is 0 Å². The first-order chi connectivity index (χ1) is 15.2. The summed E-state index contributed by atoms with van der Waals surface area (Å²) in [7, 11) is -2.30. The predicted molar refractivity (Wildman–Crippen MR) is 131 cm³/mol. The fraction of sp³-hybridized carbons (Fsp3) is 0.107. The predicted octanol–water partition coefficient (Wildman–Crippen LogP) is 5.11. The number of rotatable bonds is 7. The monoisotopic (exact) mass is 425 g/mol. The number of hydrogen-bond acceptors (Lipinski definition) is 2. The van der Waals surface area contributed by atoms with Crippen molar-refractivity contribution in [1.29, 1.82) is 0 Å². The molecule has 3 heteroatoms. The first kappa shape index (κ1) is 21.0. The lowest BCUT2D eigenvalue weighted by Crippen LogP contribution is -2.41. The molecule has 31 heavy (non-hydrogen) atoms. The van der Waals surface area contributed by atoms with Crippen LogP contribution in [-0.4, -0.2) is 11.6 Å². The van der Waals surface area contributed by atoms with Crippen molar-refractivity contribution in [1.82, 2.24) is 0 Å². The number of carbonyl (C=O) groups is 1. The average Bonchev–Trinajstić information content (AvgIpc) is 2.85. The number of ether oxygens (including phenoxy) is 1. The summed E-state index contributed by atoms with van der Waals surface area (Å²) in [4.78, 5) is 13.5. The third kappa shape index (κ3) is 4.31. The minimum Gasteiger partial charge on any atom is -0.458 e. The number of benzene rings is 4. The minimum atomic E-state index is -2.30. The molecule has 0 aliphatic heterocycles. The van der Waals surface area contributed by atoms with Crippen LogP contribution in [0.1, 0.15) is 12.5 Å². The van der Waals surface area contributed by atoms with Gasteiger partial charge in [-0.2, -0.15) is 0 Å². The van der Waals surface area contributed by atoms with Gasteiger partial charge in [-0.3, -0.25) is 0 Å². The van der Waals surface area contributed by atoms with Crippen molar-refractivity contribution in [2.24, 2.45) is 0 Å². The molecule has 0 saturated carbocycles. The summed E-state index contributed by atoms with van der Waals surface area (Å²) in [6.45, 7) is 2.30. The fourth-order valence-corrected chi connectivity index (χ4v) is 8.67. The Labute approximate surface area is 184 Å². The zero-order valence-electron chi connectivity index (χ0n) is 17.6. The van der Waals surface area contributed by atoms with E-state index in [4.69, 9.17) is 4.74 Å². The van der Waals surface area contributed by atoms with E-state index >= 15 is 0 Å². The molecule has 0 aliphatic carbocycles. The van der Waals surface area contributed by atoms with Crippen LogP contribution in [-0.2, 0) is 16.1 Å². The van der Waals surface area contributed by atoms with Gasteiger partial charge in [-0.25, -0.2) is 4.79 Å². The molecule has 4 aromatic carbocycles. The first-order valence-electron chi connectivity index (χ1n) is 10.5. The summed E-state index contributed by atoms with van der Waals surface area (Å²) in [5.41, 5.74) is 0.662. The second-order valence-corrected chi connectivity index (χ2v) is 11.3. The molecule has 0 bridgehead atoms. The highest BCUT2D eigenvalue weighted by Crippen LogP contribution is 2.59. The number of esters is 1. The van der Waals surface area contributed by atoms with E-state index in [1.165, 1.54) is 15.9 Å². The van der Waals surface area contributed by atoms with Crippen LogP contribution in [0, 0.1) is 0 Å². The normalized spacial score (nSPS) is 12.2. The minimum absolute atomic E-state index is 0.172. The standard InChI is InChI=1S/C28H26O2P/c1-23(28(29)30-22-24-14-6-2-7-15-24)31(25-16-8-3-9-17-25,26-18-10-4-11-19-26)27-20-12-5-13-21-27/h2-21,23H,22H2,1H3/q+1. The van der Waals surface area contributed by atoms with Gasteiger partial charge in [0.05, 0.1) is 0 Å². The van der Waals surface area contributed by atoms with Gasteiger partial charge in [0, 0.05) is 0 Å². The summed E-state index contributed by atoms with van der Waals surface area (Å²) in [5.74, 6) is -0.172. The molecular formula is C28H26O2P+. The molecule has 0 aromatic heterocycles. The van der Waals surface area contributed by atoms with Crippen LogP contribution in [0.5, 0.6) is 0 Å². The Bertz CT molecular complexity index is 1000. The maximum atomic E-state index is 13.5. The fourth-order valence-electron chi connectivity index (χ4n) is 4.11. The van der Waals surface area contributed by atoms with E-state index < -0.39 is 7.26 Å². The lowest BCUT2D eigenvalue weighted by molar-refractivity contribution is -0.144. The second-order valence-electron chi connectivity index (χ2n) is 7.50. The molecular weight excluding hydrogens is 399 g/mol. The van der Waals surface area contributed by atoms with Crippen LogP contribution >= 0.6 is 7.26 Å². The smallest absolute Gasteiger partial charge is 0.348 e. The van der Waals surface area contributed by atoms with Crippen molar-refractivity contribution in [2.45, 2.75) is 19.2 Å². The highest BCUT2D eigenvalue weighted by Gasteiger charge is 2.54. The molecule has 0 spiro atoms. The van der Waals surface area contributed by atoms with Gasteiger partial charge in [-0.05, 0) is 48.9 Å². The molecule has 1 unspecified atom stereocenters. The Balaban J connectivity index is 1.82. The van der Waals surface area contributed by atoms with Gasteiger partial charge < -0.3 is 4.74 Å². The van der Waals surface area contributed by atoms with Crippen LogP contribution in [0.15, 0.2) is 121 Å². The van der Waals surface area contributed by atoms with Gasteiger partial charge in [-0.1, -0.05) is 84.9 Å². The molecule has 4 rings (SSSR count). The van der Waals surface area contributed by atoms with E-state index in [0.717, 1.165) is 5.56 Å². The van der Waals surface area contributed by atoms with Crippen LogP contribution in [0.2, 0.25) is 0 Å². The largest absolute Gasteiger partial charge is 0.458 e. The van der Waals surface area contributed by atoms with E-state index in [-0.39, 0.29) is 18.2 Å². The third-order valence-electron chi connectivity index (χ3n) is 5.64. The molecule has 0 amide bonds. The lowest BCUT2D eigenvalue weighted by Gasteiger charge is -2.31. The topological polar surface area (TPSA) is 26.3 Å². The van der Waals surface area contributed by atoms with Crippen molar-refractivity contribution in [3.05, 3.63) is 127 Å². The SMILES string of the molecule is CC(C(=O)OCc1ccccc1)[P+](c1ccccc1)(c1ccccc1)c1ccccc1. The van der Waals surface area contributed by atoms with E-state index in [9.17, 15) is 4.79 Å². The number of hydrogen-bond donors (Lipinski definition) is 0. The van der Waals surface area contributed by atoms with E-state index in [0.29, 0.717) is 0 Å². The summed E-state index contributed by atoms with van der Waals surface area (Å²) < 4.78 is 5.85. The van der Waals surface area contributed by atoms with Crippen molar-refractivity contribution >= 4 is 29.1 Å². The van der Waals surface area contributed by atoms with Crippen LogP contribution in [0.25, 0.3) is 0 Å². The van der Waals surface area contributed by atoms with Crippen LogP contribution in [0.3, 0.4) is 0 Å². The molecule has 0 radical (unpaired) electrons. The van der Waals surface area contributed by atoms with Gasteiger partial charge >= 0.3 is 5.97 Å². The van der Waals surface area contributed by atoms with Crippen LogP contribution < -0.4 is 15.9 Å². The molecule has 0 fully saturated rings. The molecule has 1 atom stereocenters. The van der Waals surface area contributed by atoms with Crippen molar-refractivity contribution in [3.8, 4) is 0 Å². The molecule has 4 aromatic rings. The molecule has 2 nitrogen and oxygen atoms in total. The van der Waals surface area contributed by atoms with E-state index in [1.807, 2.05) is 55.5 Å². The Kier molecular flexibility index (Phi) is 6.60. The molecule has 0 N–H and O–H groups in total. The highest BCUT2D eigenvalue weighted by molar-refractivity contribution is 7.96. The molecule has 0 heterocycles. The Morgan fingerprint density at radius 1 is 0.645 bits per heavy atom. The van der Waals surface area contributed by atoms with Crippen molar-refractivity contribution < 1.29 is 9.53 Å². The zero-order chi connectivity index (χ0) is 21.5. The van der Waals surface area contributed by atoms with Gasteiger partial charge in [0.15, 0.2) is 5.66 Å². The summed E-state index contributed by atoms with van der Waals surface area (Å²) >= 11 is 0. The quantitative estimate of drug-likeness (QED) is 0.304. The first-order valence-corrected chi connectivity index (χ1v) is 12.3. The lowest BCUT2D eigenvalue weighted by atomic mass is 10.2. The second kappa shape index (κ2) is 9.73. The molecule has 154 valence electrons. The maximum Gasteiger partial charge on any atom is 0.348 e. The Morgan fingerprint density at radius 2 is 1.00 bits per heavy atom. The van der Waals surface area contributed by atoms with Gasteiger partial charge in [-0.15, -0.1) is 0 Å². The van der Waals surface area contributed by atoms with Gasteiger partial charge in [0.1, 0.15) is 29.8 Å². The summed E-state index contributed by atoms with van der Waals surface area (Å²) in [6, 6.07) is 41.1. The average molecular weight is 425 g/mol. The summed E-state index contributed by atoms with van der Waals surface area (Å²) in [5, 5.41) is 3.53. The summed E-state index contributed by atoms with van der Waals surface area (Å²) in [6.07, 6.45) is 0. The van der Waals surface area contributed by atoms with E-state index in [1.54, 1.807) is 0 Å². The van der Waals surface area contributed by atoms with Gasteiger partial charge in [0.2, 0.25) is 0 Å². The highest BCUT2D eigenvalue weighted by atomic mass is 31.2. The maximum absolute atomic E-state index is 13.5. The van der Waals surface area contributed by atoms with Crippen molar-refractivity contribution in [2.75, 3.05) is 0 Å². The van der Waals surface area contributed by atoms with Crippen molar-refractivity contribution in [3.63, 3.8) is 0 Å². The Morgan fingerprint density at radius 3 is 1.39 bits per heavy atom. The molecule has 0 aliphatic rings. The van der Waals surface area contributed by atoms with E-state index in [2.05, 4.69) is 72.8 Å².